The first kappa shape index (κ1) is 18.1. The maximum Gasteiger partial charge on any atom is 0.312 e. The van der Waals surface area contributed by atoms with Gasteiger partial charge in [-0.2, -0.15) is 0 Å². The molecule has 130 valence electrons. The molecule has 0 spiro atoms. The lowest BCUT2D eigenvalue weighted by atomic mass is 10.1. The van der Waals surface area contributed by atoms with Crippen LogP contribution in [0.4, 0.5) is 17.1 Å². The molecule has 9 nitrogen and oxygen atoms in total. The van der Waals surface area contributed by atoms with Crippen molar-refractivity contribution in [2.24, 2.45) is 0 Å². The van der Waals surface area contributed by atoms with Crippen LogP contribution in [-0.4, -0.2) is 22.4 Å². The number of nitrogens with zero attached hydrogens (tertiary/aromatic N) is 2. The van der Waals surface area contributed by atoms with Crippen LogP contribution in [0.1, 0.15) is 5.56 Å². The Labute approximate surface area is 146 Å². The standard InChI is InChI=1S/C15H12ClN3O6/c1-9-11(3-2-4-12(9)18(21)22)17-15(20)8-25-14-6-5-10(16)7-13(14)19(23)24/h2-7H,8H2,1H3,(H,17,20). The fourth-order valence-corrected chi connectivity index (χ4v) is 2.21. The number of ether oxygens (including phenoxy) is 1. The third-order valence-corrected chi connectivity index (χ3v) is 3.49. The van der Waals surface area contributed by atoms with Crippen molar-refractivity contribution >= 4 is 34.6 Å². The summed E-state index contributed by atoms with van der Waals surface area (Å²) in [5.74, 6) is -0.729. The number of anilines is 1. The normalized spacial score (nSPS) is 10.2. The zero-order valence-corrected chi connectivity index (χ0v) is 13.6. The number of nitrogens with one attached hydrogen (secondary N) is 1. The smallest absolute Gasteiger partial charge is 0.312 e. The highest BCUT2D eigenvalue weighted by Gasteiger charge is 2.18. The van der Waals surface area contributed by atoms with Gasteiger partial charge in [-0.15, -0.1) is 0 Å². The number of carbonyl (C=O) groups is 1. The Morgan fingerprint density at radius 3 is 2.48 bits per heavy atom. The number of nitro groups is 2. The number of benzene rings is 2. The predicted molar refractivity (Wildman–Crippen MR) is 90.1 cm³/mol. The van der Waals surface area contributed by atoms with E-state index >= 15 is 0 Å². The number of carbonyl (C=O) groups excluding carboxylic acids is 1. The Morgan fingerprint density at radius 2 is 1.84 bits per heavy atom. The van der Waals surface area contributed by atoms with Gasteiger partial charge in [0.05, 0.1) is 21.1 Å². The van der Waals surface area contributed by atoms with E-state index in [0.717, 1.165) is 6.07 Å². The Hall–Kier alpha value is -3.20. The molecule has 0 saturated heterocycles. The average molecular weight is 366 g/mol. The van der Waals surface area contributed by atoms with Gasteiger partial charge >= 0.3 is 5.69 Å². The van der Waals surface area contributed by atoms with E-state index in [4.69, 9.17) is 16.3 Å². The average Bonchev–Trinajstić information content (AvgIpc) is 2.55. The third-order valence-electron chi connectivity index (χ3n) is 3.25. The summed E-state index contributed by atoms with van der Waals surface area (Å²) in [4.78, 5) is 32.6. The second-order valence-corrected chi connectivity index (χ2v) is 5.35. The zero-order chi connectivity index (χ0) is 18.6. The van der Waals surface area contributed by atoms with Gasteiger partial charge in [-0.05, 0) is 25.1 Å². The quantitative estimate of drug-likeness (QED) is 0.617. The topological polar surface area (TPSA) is 125 Å². The second-order valence-electron chi connectivity index (χ2n) is 4.91. The van der Waals surface area contributed by atoms with E-state index in [-0.39, 0.29) is 27.8 Å². The molecule has 2 aromatic carbocycles. The number of nitro benzene ring substituents is 2. The fourth-order valence-electron chi connectivity index (χ4n) is 2.04. The van der Waals surface area contributed by atoms with Crippen LogP contribution in [0.2, 0.25) is 5.02 Å². The van der Waals surface area contributed by atoms with Crippen LogP contribution < -0.4 is 10.1 Å². The molecule has 0 atom stereocenters. The second kappa shape index (κ2) is 7.58. The summed E-state index contributed by atoms with van der Waals surface area (Å²) in [6.07, 6.45) is 0. The Balaban J connectivity index is 2.09. The molecule has 0 aliphatic carbocycles. The summed E-state index contributed by atoms with van der Waals surface area (Å²) in [5, 5.41) is 24.5. The summed E-state index contributed by atoms with van der Waals surface area (Å²) in [6, 6.07) is 8.05. The first-order valence-electron chi connectivity index (χ1n) is 6.90. The maximum absolute atomic E-state index is 12.0. The van der Waals surface area contributed by atoms with Gasteiger partial charge in [-0.25, -0.2) is 0 Å². The monoisotopic (exact) mass is 365 g/mol. The Kier molecular flexibility index (Phi) is 5.50. The van der Waals surface area contributed by atoms with Crippen molar-refractivity contribution in [3.05, 3.63) is 67.2 Å². The van der Waals surface area contributed by atoms with Crippen LogP contribution in [-0.2, 0) is 4.79 Å². The molecular formula is C15H12ClN3O6. The van der Waals surface area contributed by atoms with Crippen molar-refractivity contribution in [2.75, 3.05) is 11.9 Å². The number of halogens is 1. The van der Waals surface area contributed by atoms with Crippen LogP contribution in [0.15, 0.2) is 36.4 Å². The van der Waals surface area contributed by atoms with E-state index in [1.807, 2.05) is 0 Å². The Bertz CT molecular complexity index is 855. The minimum absolute atomic E-state index is 0.111. The highest BCUT2D eigenvalue weighted by Crippen LogP contribution is 2.30. The summed E-state index contributed by atoms with van der Waals surface area (Å²) in [5.41, 5.74) is 0.0469. The molecule has 0 unspecified atom stereocenters. The molecule has 25 heavy (non-hydrogen) atoms. The molecule has 2 aromatic rings. The fraction of sp³-hybridized carbons (Fsp3) is 0.133. The van der Waals surface area contributed by atoms with E-state index in [9.17, 15) is 25.0 Å². The number of hydrogen-bond acceptors (Lipinski definition) is 6. The van der Waals surface area contributed by atoms with E-state index in [2.05, 4.69) is 5.32 Å². The highest BCUT2D eigenvalue weighted by molar-refractivity contribution is 6.30. The van der Waals surface area contributed by atoms with Crippen molar-refractivity contribution in [3.63, 3.8) is 0 Å². The molecule has 1 N–H and O–H groups in total. The molecule has 0 radical (unpaired) electrons. The third kappa shape index (κ3) is 4.42. The molecule has 0 bridgehead atoms. The largest absolute Gasteiger partial charge is 0.477 e. The number of rotatable bonds is 6. The van der Waals surface area contributed by atoms with Crippen molar-refractivity contribution in [3.8, 4) is 5.75 Å². The lowest BCUT2D eigenvalue weighted by Gasteiger charge is -2.10. The van der Waals surface area contributed by atoms with E-state index in [1.54, 1.807) is 0 Å². The lowest BCUT2D eigenvalue weighted by Crippen LogP contribution is -2.21. The SMILES string of the molecule is Cc1c(NC(=O)COc2ccc(Cl)cc2[N+](=O)[O-])cccc1[N+](=O)[O-]. The molecule has 1 amide bonds. The maximum atomic E-state index is 12.0. The van der Waals surface area contributed by atoms with Gasteiger partial charge in [-0.1, -0.05) is 17.7 Å². The summed E-state index contributed by atoms with van der Waals surface area (Å²) >= 11 is 5.69. The van der Waals surface area contributed by atoms with Crippen LogP contribution in [0.3, 0.4) is 0 Å². The lowest BCUT2D eigenvalue weighted by molar-refractivity contribution is -0.385. The van der Waals surface area contributed by atoms with Crippen molar-refractivity contribution in [1.82, 2.24) is 0 Å². The highest BCUT2D eigenvalue weighted by atomic mass is 35.5. The van der Waals surface area contributed by atoms with Crippen LogP contribution >= 0.6 is 11.6 Å². The minimum atomic E-state index is -0.677. The molecule has 0 heterocycles. The van der Waals surface area contributed by atoms with Crippen molar-refractivity contribution in [1.29, 1.82) is 0 Å². The van der Waals surface area contributed by atoms with Gasteiger partial charge < -0.3 is 10.1 Å². The van der Waals surface area contributed by atoms with Crippen LogP contribution in [0, 0.1) is 27.2 Å². The van der Waals surface area contributed by atoms with E-state index < -0.39 is 22.4 Å². The Morgan fingerprint density at radius 1 is 1.16 bits per heavy atom. The molecule has 0 aromatic heterocycles. The van der Waals surface area contributed by atoms with Crippen LogP contribution in [0.25, 0.3) is 0 Å². The van der Waals surface area contributed by atoms with E-state index in [0.29, 0.717) is 5.56 Å². The summed E-state index contributed by atoms with van der Waals surface area (Å²) in [6.45, 7) is 0.989. The molecule has 0 aliphatic heterocycles. The molecule has 0 aliphatic rings. The van der Waals surface area contributed by atoms with Gasteiger partial charge in [0.2, 0.25) is 0 Å². The number of hydrogen-bond donors (Lipinski definition) is 1. The van der Waals surface area contributed by atoms with Gasteiger partial charge in [0.25, 0.3) is 11.6 Å². The first-order valence-corrected chi connectivity index (χ1v) is 7.28. The number of amides is 1. The zero-order valence-electron chi connectivity index (χ0n) is 12.9. The predicted octanol–water partition coefficient (Wildman–Crippen LogP) is 3.48. The summed E-state index contributed by atoms with van der Waals surface area (Å²) in [7, 11) is 0. The molecular weight excluding hydrogens is 354 g/mol. The van der Waals surface area contributed by atoms with Crippen molar-refractivity contribution < 1.29 is 19.4 Å². The molecule has 0 saturated carbocycles. The van der Waals surface area contributed by atoms with Crippen LogP contribution in [0.5, 0.6) is 5.75 Å². The minimum Gasteiger partial charge on any atom is -0.477 e. The van der Waals surface area contributed by atoms with Gasteiger partial charge in [0.15, 0.2) is 12.4 Å². The summed E-state index contributed by atoms with van der Waals surface area (Å²) < 4.78 is 5.16. The van der Waals surface area contributed by atoms with Gasteiger partial charge in [0.1, 0.15) is 0 Å². The molecule has 10 heteroatoms. The van der Waals surface area contributed by atoms with E-state index in [1.165, 1.54) is 37.3 Å². The first-order chi connectivity index (χ1) is 11.8. The molecule has 2 rings (SSSR count). The van der Waals surface area contributed by atoms with Gasteiger partial charge in [0, 0.05) is 17.2 Å². The van der Waals surface area contributed by atoms with Gasteiger partial charge in [-0.3, -0.25) is 25.0 Å². The molecule has 0 fully saturated rings. The van der Waals surface area contributed by atoms with Crippen molar-refractivity contribution in [2.45, 2.75) is 6.92 Å².